The Morgan fingerprint density at radius 1 is 1.35 bits per heavy atom. The van der Waals surface area contributed by atoms with Gasteiger partial charge in [-0.05, 0) is 38.1 Å². The summed E-state index contributed by atoms with van der Waals surface area (Å²) in [5.74, 6) is 0.963. The van der Waals surface area contributed by atoms with Crippen molar-refractivity contribution in [1.29, 1.82) is 0 Å². The normalized spacial score (nSPS) is 11.9. The number of aromatic amines is 1. The van der Waals surface area contributed by atoms with Crippen molar-refractivity contribution in [2.24, 2.45) is 0 Å². The molecule has 0 saturated carbocycles. The van der Waals surface area contributed by atoms with Gasteiger partial charge in [-0.3, -0.25) is 9.89 Å². The molecule has 3 aromatic rings. The van der Waals surface area contributed by atoms with Gasteiger partial charge in [-0.1, -0.05) is 0 Å². The fourth-order valence-electron chi connectivity index (χ4n) is 1.96. The van der Waals surface area contributed by atoms with Crippen LogP contribution >= 0.6 is 0 Å². The molecule has 0 aliphatic carbocycles. The molecule has 1 atom stereocenters. The Balaban J connectivity index is 1.62. The van der Waals surface area contributed by atoms with Crippen molar-refractivity contribution in [1.82, 2.24) is 25.0 Å². The lowest BCUT2D eigenvalue weighted by Gasteiger charge is -2.12. The zero-order valence-electron chi connectivity index (χ0n) is 12.7. The molecule has 1 amide bonds. The summed E-state index contributed by atoms with van der Waals surface area (Å²) in [5.41, 5.74) is 1.60. The highest BCUT2D eigenvalue weighted by atomic mass is 16.5. The van der Waals surface area contributed by atoms with E-state index in [1.165, 1.54) is 17.3 Å². The molecule has 2 N–H and O–H groups in total. The Kier molecular flexibility index (Phi) is 4.05. The molecule has 1 aromatic carbocycles. The van der Waals surface area contributed by atoms with E-state index in [1.54, 1.807) is 37.3 Å². The highest BCUT2D eigenvalue weighted by Gasteiger charge is 2.15. The molecule has 0 fully saturated rings. The van der Waals surface area contributed by atoms with Crippen LogP contribution < -0.4 is 10.1 Å². The molecule has 8 nitrogen and oxygen atoms in total. The predicted molar refractivity (Wildman–Crippen MR) is 83.2 cm³/mol. The lowest BCUT2D eigenvalue weighted by atomic mass is 10.2. The van der Waals surface area contributed by atoms with E-state index >= 15 is 0 Å². The second-order valence-corrected chi connectivity index (χ2v) is 5.06. The van der Waals surface area contributed by atoms with Crippen LogP contribution in [0.2, 0.25) is 0 Å². The van der Waals surface area contributed by atoms with Gasteiger partial charge in [0.2, 0.25) is 11.8 Å². The maximum absolute atomic E-state index is 12.1. The lowest BCUT2D eigenvalue weighted by molar-refractivity contribution is -0.119. The van der Waals surface area contributed by atoms with E-state index in [4.69, 9.17) is 4.74 Å². The molecule has 3 rings (SSSR count). The number of rotatable bonds is 5. The minimum absolute atomic E-state index is 0.174. The second-order valence-electron chi connectivity index (χ2n) is 5.06. The van der Waals surface area contributed by atoms with Crippen molar-refractivity contribution in [2.45, 2.75) is 19.9 Å². The van der Waals surface area contributed by atoms with Gasteiger partial charge in [0, 0.05) is 17.4 Å². The fraction of sp³-hybridized carbons (Fsp3) is 0.200. The minimum atomic E-state index is -0.444. The molecule has 0 bridgehead atoms. The Morgan fingerprint density at radius 3 is 2.74 bits per heavy atom. The van der Waals surface area contributed by atoms with Crippen molar-refractivity contribution >= 4 is 11.6 Å². The number of hydrogen-bond donors (Lipinski definition) is 2. The molecular weight excluding hydrogens is 296 g/mol. The van der Waals surface area contributed by atoms with Crippen molar-refractivity contribution in [3.05, 3.63) is 48.7 Å². The third-order valence-electron chi connectivity index (χ3n) is 3.24. The van der Waals surface area contributed by atoms with E-state index in [-0.39, 0.29) is 5.91 Å². The molecule has 0 aliphatic rings. The van der Waals surface area contributed by atoms with Gasteiger partial charge in [-0.25, -0.2) is 9.67 Å². The number of H-pyrrole nitrogens is 1. The van der Waals surface area contributed by atoms with E-state index in [0.29, 0.717) is 17.3 Å². The molecule has 2 heterocycles. The summed E-state index contributed by atoms with van der Waals surface area (Å²) < 4.78 is 7.08. The first-order chi connectivity index (χ1) is 11.1. The Bertz CT molecular complexity index is 779. The highest BCUT2D eigenvalue weighted by Crippen LogP contribution is 2.22. The second kappa shape index (κ2) is 6.30. The summed E-state index contributed by atoms with van der Waals surface area (Å²) in [6, 6.07) is 8.41. The number of carbonyl (C=O) groups excluding carboxylic acids is 1. The van der Waals surface area contributed by atoms with Gasteiger partial charge >= 0.3 is 0 Å². The Hall–Kier alpha value is -3.16. The Labute approximate surface area is 132 Å². The van der Waals surface area contributed by atoms with Crippen LogP contribution in [-0.2, 0) is 4.79 Å². The quantitative estimate of drug-likeness (QED) is 0.753. The molecule has 23 heavy (non-hydrogen) atoms. The zero-order chi connectivity index (χ0) is 16.2. The predicted octanol–water partition coefficient (Wildman–Crippen LogP) is 2.30. The molecule has 0 saturated heterocycles. The van der Waals surface area contributed by atoms with Crippen molar-refractivity contribution < 1.29 is 9.53 Å². The SMILES string of the molecule is Cc1cc(Oc2ccc(NC(=O)C(C)n3cncn3)cc2)n[nH]1. The molecule has 0 radical (unpaired) electrons. The summed E-state index contributed by atoms with van der Waals surface area (Å²) in [6.45, 7) is 3.65. The number of amides is 1. The van der Waals surface area contributed by atoms with Crippen molar-refractivity contribution in [3.8, 4) is 11.6 Å². The highest BCUT2D eigenvalue weighted by molar-refractivity contribution is 5.93. The van der Waals surface area contributed by atoms with Crippen molar-refractivity contribution in [3.63, 3.8) is 0 Å². The minimum Gasteiger partial charge on any atom is -0.438 e. The van der Waals surface area contributed by atoms with Crippen LogP contribution in [-0.4, -0.2) is 30.9 Å². The number of aryl methyl sites for hydroxylation is 1. The van der Waals surface area contributed by atoms with Gasteiger partial charge in [0.25, 0.3) is 0 Å². The van der Waals surface area contributed by atoms with E-state index in [9.17, 15) is 4.79 Å². The standard InChI is InChI=1S/C15H16N6O2/c1-10-7-14(20-19-10)23-13-5-3-12(4-6-13)18-15(22)11(2)21-9-16-8-17-21/h3-9,11H,1-2H3,(H,18,22)(H,19,20). The van der Waals surface area contributed by atoms with Crippen LogP contribution in [0.25, 0.3) is 0 Å². The summed E-state index contributed by atoms with van der Waals surface area (Å²) in [7, 11) is 0. The summed E-state index contributed by atoms with van der Waals surface area (Å²) >= 11 is 0. The van der Waals surface area contributed by atoms with Gasteiger partial charge < -0.3 is 10.1 Å². The van der Waals surface area contributed by atoms with Gasteiger partial charge in [0.15, 0.2) is 0 Å². The number of nitrogens with one attached hydrogen (secondary N) is 2. The van der Waals surface area contributed by atoms with Gasteiger partial charge in [-0.2, -0.15) is 5.10 Å². The summed E-state index contributed by atoms with van der Waals surface area (Å²) in [4.78, 5) is 16.0. The molecular formula is C15H16N6O2. The van der Waals surface area contributed by atoms with Crippen molar-refractivity contribution in [2.75, 3.05) is 5.32 Å². The third-order valence-corrected chi connectivity index (χ3v) is 3.24. The van der Waals surface area contributed by atoms with Crippen LogP contribution in [0.1, 0.15) is 18.7 Å². The number of nitrogens with zero attached hydrogens (tertiary/aromatic N) is 4. The van der Waals surface area contributed by atoms with E-state index in [1.807, 2.05) is 6.92 Å². The zero-order valence-corrected chi connectivity index (χ0v) is 12.7. The number of anilines is 1. The van der Waals surface area contributed by atoms with Gasteiger partial charge in [-0.15, -0.1) is 5.10 Å². The number of aromatic nitrogens is 5. The number of benzene rings is 1. The summed E-state index contributed by atoms with van der Waals surface area (Å²) in [6.07, 6.45) is 2.90. The maximum atomic E-state index is 12.1. The monoisotopic (exact) mass is 312 g/mol. The lowest BCUT2D eigenvalue weighted by Crippen LogP contribution is -2.23. The van der Waals surface area contributed by atoms with E-state index in [2.05, 4.69) is 25.6 Å². The molecule has 118 valence electrons. The summed E-state index contributed by atoms with van der Waals surface area (Å²) in [5, 5.41) is 13.6. The first-order valence-corrected chi connectivity index (χ1v) is 7.07. The smallest absolute Gasteiger partial charge is 0.249 e. The van der Waals surface area contributed by atoms with E-state index in [0.717, 1.165) is 5.69 Å². The average molecular weight is 312 g/mol. The maximum Gasteiger partial charge on any atom is 0.249 e. The molecule has 0 spiro atoms. The number of carbonyl (C=O) groups is 1. The topological polar surface area (TPSA) is 97.7 Å². The molecule has 2 aromatic heterocycles. The van der Waals surface area contributed by atoms with E-state index < -0.39 is 6.04 Å². The molecule has 8 heteroatoms. The average Bonchev–Trinajstić information content (AvgIpc) is 3.20. The molecule has 1 unspecified atom stereocenters. The number of hydrogen-bond acceptors (Lipinski definition) is 5. The Morgan fingerprint density at radius 2 is 2.13 bits per heavy atom. The third kappa shape index (κ3) is 3.54. The first kappa shape index (κ1) is 14.8. The van der Waals surface area contributed by atoms with Gasteiger partial charge in [0.05, 0.1) is 0 Å². The number of ether oxygens (including phenoxy) is 1. The largest absolute Gasteiger partial charge is 0.438 e. The van der Waals surface area contributed by atoms with Crippen LogP contribution in [0.15, 0.2) is 43.0 Å². The van der Waals surface area contributed by atoms with Crippen LogP contribution in [0.5, 0.6) is 11.6 Å². The van der Waals surface area contributed by atoms with Crippen LogP contribution in [0.3, 0.4) is 0 Å². The molecule has 0 aliphatic heterocycles. The van der Waals surface area contributed by atoms with Gasteiger partial charge in [0.1, 0.15) is 24.4 Å². The first-order valence-electron chi connectivity index (χ1n) is 7.07. The van der Waals surface area contributed by atoms with Crippen LogP contribution in [0.4, 0.5) is 5.69 Å². The fourth-order valence-corrected chi connectivity index (χ4v) is 1.96. The van der Waals surface area contributed by atoms with Crippen LogP contribution in [0, 0.1) is 6.92 Å².